The van der Waals surface area contributed by atoms with Crippen molar-refractivity contribution in [2.75, 3.05) is 14.1 Å². The van der Waals surface area contributed by atoms with Crippen LogP contribution in [0.2, 0.25) is 0 Å². The maximum atomic E-state index is 12.0. The molecule has 0 fully saturated rings. The summed E-state index contributed by atoms with van der Waals surface area (Å²) in [6, 6.07) is 14.1. The van der Waals surface area contributed by atoms with Gasteiger partial charge in [-0.25, -0.2) is 0 Å². The van der Waals surface area contributed by atoms with Crippen LogP contribution < -0.4 is 5.46 Å². The number of hydrogen-bond acceptors (Lipinski definition) is 3. The second-order valence-electron chi connectivity index (χ2n) is 4.74. The van der Waals surface area contributed by atoms with Crippen LogP contribution in [0.15, 0.2) is 48.5 Å². The Labute approximate surface area is 118 Å². The fourth-order valence-electron chi connectivity index (χ4n) is 2.06. The molecular formula is C15H16BNO3. The molecule has 0 unspecified atom stereocenters. The van der Waals surface area contributed by atoms with Gasteiger partial charge < -0.3 is 14.9 Å². The highest BCUT2D eigenvalue weighted by atomic mass is 16.4. The summed E-state index contributed by atoms with van der Waals surface area (Å²) in [5, 5.41) is 18.8. The molecule has 0 aliphatic carbocycles. The number of rotatable bonds is 3. The molecule has 2 aromatic carbocycles. The van der Waals surface area contributed by atoms with Gasteiger partial charge in [-0.2, -0.15) is 0 Å². The highest BCUT2D eigenvalue weighted by Gasteiger charge is 2.17. The van der Waals surface area contributed by atoms with Crippen molar-refractivity contribution in [2.24, 2.45) is 0 Å². The number of benzene rings is 2. The van der Waals surface area contributed by atoms with Crippen molar-refractivity contribution in [3.05, 3.63) is 54.1 Å². The maximum Gasteiger partial charge on any atom is 0.489 e. The fourth-order valence-corrected chi connectivity index (χ4v) is 2.06. The molecule has 0 aliphatic heterocycles. The first kappa shape index (κ1) is 14.3. The van der Waals surface area contributed by atoms with E-state index in [0.29, 0.717) is 16.6 Å². The summed E-state index contributed by atoms with van der Waals surface area (Å²) in [5.41, 5.74) is 2.47. The Morgan fingerprint density at radius 3 is 2.40 bits per heavy atom. The molecule has 0 radical (unpaired) electrons. The molecule has 0 heterocycles. The third-order valence-electron chi connectivity index (χ3n) is 3.07. The normalized spacial score (nSPS) is 10.2. The van der Waals surface area contributed by atoms with Crippen LogP contribution >= 0.6 is 0 Å². The van der Waals surface area contributed by atoms with Crippen LogP contribution in [0.5, 0.6) is 0 Å². The first-order valence-electron chi connectivity index (χ1n) is 6.28. The van der Waals surface area contributed by atoms with Crippen molar-refractivity contribution in [3.63, 3.8) is 0 Å². The maximum absolute atomic E-state index is 12.0. The zero-order valence-electron chi connectivity index (χ0n) is 11.4. The van der Waals surface area contributed by atoms with Gasteiger partial charge in [0.2, 0.25) is 0 Å². The average Bonchev–Trinajstić information content (AvgIpc) is 2.46. The Morgan fingerprint density at radius 2 is 1.75 bits per heavy atom. The van der Waals surface area contributed by atoms with Gasteiger partial charge in [-0.05, 0) is 28.7 Å². The monoisotopic (exact) mass is 269 g/mol. The molecule has 102 valence electrons. The van der Waals surface area contributed by atoms with E-state index < -0.39 is 7.12 Å². The Balaban J connectivity index is 2.49. The number of amides is 1. The molecule has 2 N–H and O–H groups in total. The smallest absolute Gasteiger partial charge is 0.423 e. The van der Waals surface area contributed by atoms with Crippen LogP contribution in [0, 0.1) is 0 Å². The number of hydrogen-bond donors (Lipinski definition) is 2. The lowest BCUT2D eigenvalue weighted by Crippen LogP contribution is -2.31. The van der Waals surface area contributed by atoms with Gasteiger partial charge in [0.15, 0.2) is 0 Å². The van der Waals surface area contributed by atoms with Crippen molar-refractivity contribution in [3.8, 4) is 11.1 Å². The average molecular weight is 269 g/mol. The van der Waals surface area contributed by atoms with E-state index in [1.54, 1.807) is 50.5 Å². The summed E-state index contributed by atoms with van der Waals surface area (Å²) in [6.07, 6.45) is 0. The first-order chi connectivity index (χ1) is 9.50. The van der Waals surface area contributed by atoms with Gasteiger partial charge in [0, 0.05) is 19.7 Å². The molecule has 20 heavy (non-hydrogen) atoms. The second-order valence-corrected chi connectivity index (χ2v) is 4.74. The topological polar surface area (TPSA) is 60.8 Å². The zero-order valence-corrected chi connectivity index (χ0v) is 11.4. The standard InChI is InChI=1S/C15H16BNO3/c1-17(2)15(18)12-7-5-6-11(10-12)13-8-3-4-9-14(13)16(19)20/h3-10,19-20H,1-2H3. The van der Waals surface area contributed by atoms with E-state index in [9.17, 15) is 14.8 Å². The van der Waals surface area contributed by atoms with E-state index in [4.69, 9.17) is 0 Å². The predicted octanol–water partition coefficient (Wildman–Crippen LogP) is 0.735. The Morgan fingerprint density at radius 1 is 1.05 bits per heavy atom. The third kappa shape index (κ3) is 2.90. The molecule has 0 bridgehead atoms. The minimum atomic E-state index is -1.54. The van der Waals surface area contributed by atoms with Gasteiger partial charge in [-0.3, -0.25) is 4.79 Å². The van der Waals surface area contributed by atoms with E-state index in [1.807, 2.05) is 12.1 Å². The van der Waals surface area contributed by atoms with Gasteiger partial charge in [-0.15, -0.1) is 0 Å². The second kappa shape index (κ2) is 5.90. The SMILES string of the molecule is CN(C)C(=O)c1cccc(-c2ccccc2B(O)O)c1. The molecule has 2 rings (SSSR count). The number of carbonyl (C=O) groups is 1. The third-order valence-corrected chi connectivity index (χ3v) is 3.07. The fraction of sp³-hybridized carbons (Fsp3) is 0.133. The molecule has 0 aliphatic rings. The van der Waals surface area contributed by atoms with Crippen LogP contribution in [-0.2, 0) is 0 Å². The lowest BCUT2D eigenvalue weighted by atomic mass is 9.75. The number of nitrogens with zero attached hydrogens (tertiary/aromatic N) is 1. The van der Waals surface area contributed by atoms with Crippen molar-refractivity contribution in [1.82, 2.24) is 4.90 Å². The van der Waals surface area contributed by atoms with Crippen LogP contribution in [0.1, 0.15) is 10.4 Å². The van der Waals surface area contributed by atoms with E-state index in [2.05, 4.69) is 0 Å². The van der Waals surface area contributed by atoms with Crippen LogP contribution in [0.3, 0.4) is 0 Å². The number of carbonyl (C=O) groups excluding carboxylic acids is 1. The summed E-state index contributed by atoms with van der Waals surface area (Å²) in [4.78, 5) is 13.5. The van der Waals surface area contributed by atoms with Gasteiger partial charge in [0.1, 0.15) is 0 Å². The van der Waals surface area contributed by atoms with Crippen LogP contribution in [-0.4, -0.2) is 42.1 Å². The zero-order chi connectivity index (χ0) is 14.7. The minimum Gasteiger partial charge on any atom is -0.423 e. The van der Waals surface area contributed by atoms with Crippen molar-refractivity contribution < 1.29 is 14.8 Å². The van der Waals surface area contributed by atoms with E-state index in [1.165, 1.54) is 4.90 Å². The quantitative estimate of drug-likeness (QED) is 0.808. The molecule has 0 aromatic heterocycles. The first-order valence-corrected chi connectivity index (χ1v) is 6.28. The van der Waals surface area contributed by atoms with Crippen molar-refractivity contribution in [2.45, 2.75) is 0 Å². The Bertz CT molecular complexity index is 626. The highest BCUT2D eigenvalue weighted by Crippen LogP contribution is 2.19. The molecule has 0 saturated carbocycles. The van der Waals surface area contributed by atoms with Crippen molar-refractivity contribution in [1.29, 1.82) is 0 Å². The van der Waals surface area contributed by atoms with Gasteiger partial charge in [0.05, 0.1) is 0 Å². The van der Waals surface area contributed by atoms with Crippen LogP contribution in [0.4, 0.5) is 0 Å². The predicted molar refractivity (Wildman–Crippen MR) is 79.7 cm³/mol. The summed E-state index contributed by atoms with van der Waals surface area (Å²) >= 11 is 0. The van der Waals surface area contributed by atoms with Crippen LogP contribution in [0.25, 0.3) is 11.1 Å². The molecule has 1 amide bonds. The molecule has 0 saturated heterocycles. The van der Waals surface area contributed by atoms with Gasteiger partial charge >= 0.3 is 7.12 Å². The largest absolute Gasteiger partial charge is 0.489 e. The van der Waals surface area contributed by atoms with Crippen molar-refractivity contribution >= 4 is 18.5 Å². The minimum absolute atomic E-state index is 0.0890. The molecule has 2 aromatic rings. The molecule has 5 heteroatoms. The summed E-state index contributed by atoms with van der Waals surface area (Å²) in [5.74, 6) is -0.0890. The molecule has 4 nitrogen and oxygen atoms in total. The summed E-state index contributed by atoms with van der Waals surface area (Å²) in [6.45, 7) is 0. The summed E-state index contributed by atoms with van der Waals surface area (Å²) in [7, 11) is 1.85. The Hall–Kier alpha value is -2.11. The lowest BCUT2D eigenvalue weighted by molar-refractivity contribution is 0.0827. The van der Waals surface area contributed by atoms with Gasteiger partial charge in [0.25, 0.3) is 5.91 Å². The van der Waals surface area contributed by atoms with E-state index >= 15 is 0 Å². The molecular weight excluding hydrogens is 253 g/mol. The van der Waals surface area contributed by atoms with E-state index in [0.717, 1.165) is 5.56 Å². The highest BCUT2D eigenvalue weighted by molar-refractivity contribution is 6.60. The van der Waals surface area contributed by atoms with E-state index in [-0.39, 0.29) is 5.91 Å². The van der Waals surface area contributed by atoms with Gasteiger partial charge in [-0.1, -0.05) is 36.4 Å². The molecule has 0 spiro atoms. The summed E-state index contributed by atoms with van der Waals surface area (Å²) < 4.78 is 0. The Kier molecular flexibility index (Phi) is 4.22. The molecule has 0 atom stereocenters. The lowest BCUT2D eigenvalue weighted by Gasteiger charge is -2.13.